The first-order chi connectivity index (χ1) is 9.09. The highest BCUT2D eigenvalue weighted by Gasteiger charge is 2.22. The average Bonchev–Trinajstić information content (AvgIpc) is 2.38. The summed E-state index contributed by atoms with van der Waals surface area (Å²) in [5.41, 5.74) is 0. The molecule has 0 bridgehead atoms. The summed E-state index contributed by atoms with van der Waals surface area (Å²) >= 11 is 0. The van der Waals surface area contributed by atoms with Crippen LogP contribution in [-0.2, 0) is 0 Å². The van der Waals surface area contributed by atoms with Crippen LogP contribution in [0, 0.1) is 17.8 Å². The minimum atomic E-state index is 0.825. The van der Waals surface area contributed by atoms with Gasteiger partial charge in [-0.25, -0.2) is 0 Å². The minimum absolute atomic E-state index is 0.825. The Labute approximate surface area is 121 Å². The van der Waals surface area contributed by atoms with Crippen molar-refractivity contribution < 1.29 is 0 Å². The molecule has 0 aromatic carbocycles. The molecule has 0 unspecified atom stereocenters. The Hall–Kier alpha value is -0.0400. The molecule has 0 aromatic heterocycles. The third-order valence-electron chi connectivity index (χ3n) is 4.86. The van der Waals surface area contributed by atoms with E-state index in [1.165, 1.54) is 64.3 Å². The first kappa shape index (κ1) is 17.0. The lowest BCUT2D eigenvalue weighted by Gasteiger charge is -2.31. The van der Waals surface area contributed by atoms with Crippen molar-refractivity contribution in [3.63, 3.8) is 0 Å². The van der Waals surface area contributed by atoms with Crippen LogP contribution in [0.2, 0.25) is 0 Å². The Balaban J connectivity index is 1.91. The smallest absolute Gasteiger partial charge is 0.00672 e. The number of hydrogen-bond acceptors (Lipinski definition) is 1. The molecule has 114 valence electrons. The predicted molar refractivity (Wildman–Crippen MR) is 86.5 cm³/mol. The van der Waals surface area contributed by atoms with Crippen LogP contribution < -0.4 is 5.32 Å². The van der Waals surface area contributed by atoms with Gasteiger partial charge in [-0.3, -0.25) is 0 Å². The van der Waals surface area contributed by atoms with E-state index in [0.29, 0.717) is 0 Å². The molecule has 1 N–H and O–H groups in total. The molecule has 0 amide bonds. The zero-order valence-corrected chi connectivity index (χ0v) is 13.9. The molecule has 0 aliphatic heterocycles. The third kappa shape index (κ3) is 7.97. The van der Waals surface area contributed by atoms with Gasteiger partial charge in [0.15, 0.2) is 0 Å². The number of hydrogen-bond donors (Lipinski definition) is 1. The fourth-order valence-electron chi connectivity index (χ4n) is 3.33. The Morgan fingerprint density at radius 3 is 2.05 bits per heavy atom. The van der Waals surface area contributed by atoms with Gasteiger partial charge in [0.2, 0.25) is 0 Å². The molecule has 19 heavy (non-hydrogen) atoms. The summed E-state index contributed by atoms with van der Waals surface area (Å²) < 4.78 is 0. The molecular weight excluding hydrogens is 230 g/mol. The zero-order chi connectivity index (χ0) is 14.1. The molecule has 0 atom stereocenters. The van der Waals surface area contributed by atoms with Crippen LogP contribution in [0.15, 0.2) is 0 Å². The Morgan fingerprint density at radius 1 is 0.842 bits per heavy atom. The maximum absolute atomic E-state index is 3.78. The van der Waals surface area contributed by atoms with Gasteiger partial charge in [-0.1, -0.05) is 53.4 Å². The van der Waals surface area contributed by atoms with E-state index in [9.17, 15) is 0 Å². The van der Waals surface area contributed by atoms with Gasteiger partial charge < -0.3 is 5.32 Å². The van der Waals surface area contributed by atoms with E-state index in [-0.39, 0.29) is 0 Å². The topological polar surface area (TPSA) is 12.0 Å². The molecule has 1 fully saturated rings. The second-order valence-corrected chi connectivity index (χ2v) is 7.41. The molecule has 0 saturated heterocycles. The van der Waals surface area contributed by atoms with E-state index in [0.717, 1.165) is 23.8 Å². The van der Waals surface area contributed by atoms with E-state index in [4.69, 9.17) is 0 Å². The SMILES string of the molecule is CC(C)CCCCCCNC1CCC(C(C)C)CC1. The van der Waals surface area contributed by atoms with Crippen LogP contribution in [-0.4, -0.2) is 12.6 Å². The molecule has 0 aromatic rings. The van der Waals surface area contributed by atoms with Gasteiger partial charge in [0, 0.05) is 6.04 Å². The highest BCUT2D eigenvalue weighted by molar-refractivity contribution is 4.78. The molecule has 1 rings (SSSR count). The van der Waals surface area contributed by atoms with E-state index in [2.05, 4.69) is 33.0 Å². The van der Waals surface area contributed by atoms with Crippen LogP contribution in [0.5, 0.6) is 0 Å². The average molecular weight is 268 g/mol. The maximum Gasteiger partial charge on any atom is 0.00672 e. The van der Waals surface area contributed by atoms with Crippen molar-refractivity contribution >= 4 is 0 Å². The molecule has 0 spiro atoms. The van der Waals surface area contributed by atoms with Crippen molar-refractivity contribution in [3.8, 4) is 0 Å². The van der Waals surface area contributed by atoms with Crippen molar-refractivity contribution in [2.24, 2.45) is 17.8 Å². The summed E-state index contributed by atoms with van der Waals surface area (Å²) in [6.07, 6.45) is 12.8. The van der Waals surface area contributed by atoms with Gasteiger partial charge in [-0.2, -0.15) is 0 Å². The fraction of sp³-hybridized carbons (Fsp3) is 1.00. The van der Waals surface area contributed by atoms with Crippen molar-refractivity contribution in [2.75, 3.05) is 6.54 Å². The Bertz CT molecular complexity index is 202. The summed E-state index contributed by atoms with van der Waals surface area (Å²) in [5, 5.41) is 3.78. The third-order valence-corrected chi connectivity index (χ3v) is 4.86. The lowest BCUT2D eigenvalue weighted by molar-refractivity contribution is 0.238. The van der Waals surface area contributed by atoms with Crippen molar-refractivity contribution in [1.82, 2.24) is 5.32 Å². The van der Waals surface area contributed by atoms with Crippen molar-refractivity contribution in [1.29, 1.82) is 0 Å². The van der Waals surface area contributed by atoms with Crippen molar-refractivity contribution in [3.05, 3.63) is 0 Å². The van der Waals surface area contributed by atoms with Gasteiger partial charge in [0.25, 0.3) is 0 Å². The lowest BCUT2D eigenvalue weighted by atomic mass is 9.80. The molecule has 1 aliphatic rings. The maximum atomic E-state index is 3.78. The Morgan fingerprint density at radius 2 is 1.47 bits per heavy atom. The van der Waals surface area contributed by atoms with Gasteiger partial charge in [0.1, 0.15) is 0 Å². The zero-order valence-electron chi connectivity index (χ0n) is 13.9. The predicted octanol–water partition coefficient (Wildman–Crippen LogP) is 5.40. The van der Waals surface area contributed by atoms with Gasteiger partial charge in [0.05, 0.1) is 0 Å². The van der Waals surface area contributed by atoms with Crippen molar-refractivity contribution in [2.45, 2.75) is 91.5 Å². The van der Waals surface area contributed by atoms with Crippen LogP contribution in [0.4, 0.5) is 0 Å². The van der Waals surface area contributed by atoms with Crippen LogP contribution in [0.1, 0.15) is 85.5 Å². The lowest BCUT2D eigenvalue weighted by Crippen LogP contribution is -2.34. The Kier molecular flexibility index (Phi) is 8.77. The quantitative estimate of drug-likeness (QED) is 0.552. The van der Waals surface area contributed by atoms with Crippen LogP contribution >= 0.6 is 0 Å². The van der Waals surface area contributed by atoms with E-state index in [1.807, 2.05) is 0 Å². The highest BCUT2D eigenvalue weighted by atomic mass is 14.9. The van der Waals surface area contributed by atoms with Gasteiger partial charge in [-0.05, 0) is 56.4 Å². The molecule has 1 saturated carbocycles. The largest absolute Gasteiger partial charge is 0.314 e. The molecule has 0 heterocycles. The van der Waals surface area contributed by atoms with E-state index in [1.54, 1.807) is 0 Å². The van der Waals surface area contributed by atoms with E-state index >= 15 is 0 Å². The van der Waals surface area contributed by atoms with Gasteiger partial charge >= 0.3 is 0 Å². The summed E-state index contributed by atoms with van der Waals surface area (Å²) in [5.74, 6) is 2.77. The number of rotatable bonds is 9. The second-order valence-electron chi connectivity index (χ2n) is 7.41. The molecule has 1 aliphatic carbocycles. The molecular formula is C18H37N. The van der Waals surface area contributed by atoms with Crippen LogP contribution in [0.25, 0.3) is 0 Å². The second kappa shape index (κ2) is 9.80. The first-order valence-corrected chi connectivity index (χ1v) is 8.83. The highest BCUT2D eigenvalue weighted by Crippen LogP contribution is 2.29. The van der Waals surface area contributed by atoms with Gasteiger partial charge in [-0.15, -0.1) is 0 Å². The summed E-state index contributed by atoms with van der Waals surface area (Å²) in [4.78, 5) is 0. The summed E-state index contributed by atoms with van der Waals surface area (Å²) in [6.45, 7) is 10.7. The normalized spacial score (nSPS) is 24.3. The fourth-order valence-corrected chi connectivity index (χ4v) is 3.33. The monoisotopic (exact) mass is 267 g/mol. The number of unbranched alkanes of at least 4 members (excludes halogenated alkanes) is 3. The van der Waals surface area contributed by atoms with Crippen LogP contribution in [0.3, 0.4) is 0 Å². The minimum Gasteiger partial charge on any atom is -0.314 e. The molecule has 1 nitrogen and oxygen atoms in total. The molecule has 1 heteroatoms. The number of nitrogens with one attached hydrogen (secondary N) is 1. The summed E-state index contributed by atoms with van der Waals surface area (Å²) in [7, 11) is 0. The molecule has 0 radical (unpaired) electrons. The first-order valence-electron chi connectivity index (χ1n) is 8.83. The van der Waals surface area contributed by atoms with E-state index < -0.39 is 0 Å². The summed E-state index contributed by atoms with van der Waals surface area (Å²) in [6, 6.07) is 0.825. The standard InChI is InChI=1S/C18H37N/c1-15(2)9-7-5-6-8-14-19-18-12-10-17(11-13-18)16(3)4/h15-19H,5-14H2,1-4H3.